The number of hydrogen-bond donors (Lipinski definition) is 2. The van der Waals surface area contributed by atoms with E-state index in [-0.39, 0.29) is 12.6 Å². The molecule has 0 spiro atoms. The maximum atomic E-state index is 9.22. The lowest BCUT2D eigenvalue weighted by atomic mass is 10.2. The smallest absolute Gasteiger partial charge is 0.0585 e. The lowest BCUT2D eigenvalue weighted by Gasteiger charge is -2.21. The van der Waals surface area contributed by atoms with Gasteiger partial charge in [-0.1, -0.05) is 13.8 Å². The van der Waals surface area contributed by atoms with E-state index in [1.807, 2.05) is 0 Å². The van der Waals surface area contributed by atoms with E-state index in [0.29, 0.717) is 0 Å². The van der Waals surface area contributed by atoms with E-state index in [0.717, 1.165) is 37.8 Å². The van der Waals surface area contributed by atoms with Crippen molar-refractivity contribution in [1.29, 1.82) is 0 Å². The highest BCUT2D eigenvalue weighted by atomic mass is 16.3. The van der Waals surface area contributed by atoms with Gasteiger partial charge in [-0.05, 0) is 51.2 Å². The highest BCUT2D eigenvalue weighted by molar-refractivity contribution is 4.84. The number of nitrogens with one attached hydrogen (secondary N) is 1. The first kappa shape index (κ1) is 13.9. The molecule has 0 aliphatic heterocycles. The number of rotatable bonds is 9. The van der Waals surface area contributed by atoms with Crippen molar-refractivity contribution in [1.82, 2.24) is 10.2 Å². The van der Waals surface area contributed by atoms with Crippen LogP contribution in [0.15, 0.2) is 0 Å². The summed E-state index contributed by atoms with van der Waals surface area (Å²) in [5, 5.41) is 12.6. The molecule has 2 N–H and O–H groups in total. The van der Waals surface area contributed by atoms with Crippen LogP contribution in [0.2, 0.25) is 0 Å². The molecule has 1 aliphatic carbocycles. The molecule has 3 atom stereocenters. The quantitative estimate of drug-likeness (QED) is 0.625. The Morgan fingerprint density at radius 2 is 2.19 bits per heavy atom. The summed E-state index contributed by atoms with van der Waals surface area (Å²) >= 11 is 0. The van der Waals surface area contributed by atoms with E-state index in [1.54, 1.807) is 0 Å². The van der Waals surface area contributed by atoms with Crippen molar-refractivity contribution in [2.24, 2.45) is 11.8 Å². The van der Waals surface area contributed by atoms with Gasteiger partial charge in [0.15, 0.2) is 0 Å². The molecule has 0 aromatic rings. The molecule has 1 aliphatic rings. The van der Waals surface area contributed by atoms with Gasteiger partial charge in [0.05, 0.1) is 6.61 Å². The van der Waals surface area contributed by atoms with Crippen molar-refractivity contribution in [3.05, 3.63) is 0 Å². The highest BCUT2D eigenvalue weighted by Crippen LogP contribution is 2.37. The minimum Gasteiger partial charge on any atom is -0.395 e. The van der Waals surface area contributed by atoms with Crippen LogP contribution in [-0.2, 0) is 0 Å². The van der Waals surface area contributed by atoms with Gasteiger partial charge >= 0.3 is 0 Å². The highest BCUT2D eigenvalue weighted by Gasteiger charge is 2.32. The molecule has 1 saturated carbocycles. The van der Waals surface area contributed by atoms with Crippen molar-refractivity contribution >= 4 is 0 Å². The zero-order chi connectivity index (χ0) is 12.0. The number of aliphatic hydroxyl groups is 1. The van der Waals surface area contributed by atoms with Crippen LogP contribution in [0, 0.1) is 11.8 Å². The van der Waals surface area contributed by atoms with E-state index in [2.05, 4.69) is 31.1 Å². The molecular weight excluding hydrogens is 200 g/mol. The SMILES string of the molecule is CCCNC(CO)CCN(C)CC1CC1C. The monoisotopic (exact) mass is 228 g/mol. The number of aliphatic hydroxyl groups excluding tert-OH is 1. The van der Waals surface area contributed by atoms with E-state index in [4.69, 9.17) is 0 Å². The van der Waals surface area contributed by atoms with Crippen LogP contribution in [0.5, 0.6) is 0 Å². The first-order chi connectivity index (χ1) is 7.67. The largest absolute Gasteiger partial charge is 0.395 e. The Labute approximate surface area is 100 Å². The van der Waals surface area contributed by atoms with E-state index in [1.165, 1.54) is 13.0 Å². The van der Waals surface area contributed by atoms with Crippen LogP contribution in [0.3, 0.4) is 0 Å². The van der Waals surface area contributed by atoms with Crippen LogP contribution >= 0.6 is 0 Å². The van der Waals surface area contributed by atoms with Gasteiger partial charge in [-0.2, -0.15) is 0 Å². The molecule has 16 heavy (non-hydrogen) atoms. The van der Waals surface area contributed by atoms with Crippen molar-refractivity contribution in [2.45, 2.75) is 39.2 Å². The van der Waals surface area contributed by atoms with Gasteiger partial charge in [-0.15, -0.1) is 0 Å². The summed E-state index contributed by atoms with van der Waals surface area (Å²) in [6.45, 7) is 8.07. The maximum absolute atomic E-state index is 9.22. The Morgan fingerprint density at radius 3 is 2.69 bits per heavy atom. The summed E-state index contributed by atoms with van der Waals surface area (Å²) in [6.07, 6.45) is 3.59. The van der Waals surface area contributed by atoms with E-state index < -0.39 is 0 Å². The predicted octanol–water partition coefficient (Wildman–Crippen LogP) is 1.32. The van der Waals surface area contributed by atoms with Gasteiger partial charge in [0.1, 0.15) is 0 Å². The lowest BCUT2D eigenvalue weighted by Crippen LogP contribution is -2.36. The summed E-state index contributed by atoms with van der Waals surface area (Å²) in [6, 6.07) is 0.277. The standard InChI is InChI=1S/C13H28N2O/c1-4-6-14-13(10-16)5-7-15(3)9-12-8-11(12)2/h11-14,16H,4-10H2,1-3H3. The first-order valence-corrected chi connectivity index (χ1v) is 6.70. The molecule has 1 fully saturated rings. The van der Waals surface area contributed by atoms with Gasteiger partial charge < -0.3 is 15.3 Å². The third kappa shape index (κ3) is 5.28. The molecule has 0 saturated heterocycles. The van der Waals surface area contributed by atoms with Gasteiger partial charge in [-0.25, -0.2) is 0 Å². The maximum Gasteiger partial charge on any atom is 0.0585 e. The topological polar surface area (TPSA) is 35.5 Å². The van der Waals surface area contributed by atoms with Gasteiger partial charge in [0.25, 0.3) is 0 Å². The zero-order valence-corrected chi connectivity index (χ0v) is 11.1. The van der Waals surface area contributed by atoms with E-state index >= 15 is 0 Å². The third-order valence-corrected chi connectivity index (χ3v) is 3.59. The van der Waals surface area contributed by atoms with Crippen LogP contribution in [0.25, 0.3) is 0 Å². The molecular formula is C13H28N2O. The fraction of sp³-hybridized carbons (Fsp3) is 1.00. The zero-order valence-electron chi connectivity index (χ0n) is 11.1. The fourth-order valence-corrected chi connectivity index (χ4v) is 2.13. The second-order valence-electron chi connectivity index (χ2n) is 5.36. The molecule has 0 bridgehead atoms. The third-order valence-electron chi connectivity index (χ3n) is 3.59. The summed E-state index contributed by atoms with van der Waals surface area (Å²) in [5.74, 6) is 1.87. The molecule has 0 aromatic carbocycles. The number of hydrogen-bond acceptors (Lipinski definition) is 3. The molecule has 0 amide bonds. The van der Waals surface area contributed by atoms with Crippen molar-refractivity contribution in [3.63, 3.8) is 0 Å². The fourth-order valence-electron chi connectivity index (χ4n) is 2.13. The Balaban J connectivity index is 2.06. The Bertz CT molecular complexity index is 187. The minimum absolute atomic E-state index is 0.258. The summed E-state index contributed by atoms with van der Waals surface area (Å²) in [4.78, 5) is 2.41. The van der Waals surface area contributed by atoms with Crippen LogP contribution in [0.1, 0.15) is 33.1 Å². The summed E-state index contributed by atoms with van der Waals surface area (Å²) in [7, 11) is 2.19. The number of nitrogens with zero attached hydrogens (tertiary/aromatic N) is 1. The Morgan fingerprint density at radius 1 is 1.50 bits per heavy atom. The molecule has 0 heterocycles. The summed E-state index contributed by atoms with van der Waals surface area (Å²) < 4.78 is 0. The molecule has 3 heteroatoms. The molecule has 0 radical (unpaired) electrons. The molecule has 1 rings (SSSR count). The average Bonchev–Trinajstić information content (AvgIpc) is 2.94. The molecule has 0 aromatic heterocycles. The van der Waals surface area contributed by atoms with Crippen molar-refractivity contribution < 1.29 is 5.11 Å². The van der Waals surface area contributed by atoms with Gasteiger partial charge in [-0.3, -0.25) is 0 Å². The van der Waals surface area contributed by atoms with Crippen molar-refractivity contribution in [2.75, 3.05) is 33.3 Å². The Kier molecular flexibility index (Phi) is 6.32. The molecule has 3 unspecified atom stereocenters. The molecule has 3 nitrogen and oxygen atoms in total. The van der Waals surface area contributed by atoms with Crippen LogP contribution < -0.4 is 5.32 Å². The van der Waals surface area contributed by atoms with Gasteiger partial charge in [0.2, 0.25) is 0 Å². The lowest BCUT2D eigenvalue weighted by molar-refractivity contribution is 0.215. The van der Waals surface area contributed by atoms with Gasteiger partial charge in [0, 0.05) is 12.6 Å². The predicted molar refractivity (Wildman–Crippen MR) is 68.6 cm³/mol. The second-order valence-corrected chi connectivity index (χ2v) is 5.36. The van der Waals surface area contributed by atoms with Crippen molar-refractivity contribution in [3.8, 4) is 0 Å². The normalized spacial score (nSPS) is 26.1. The second kappa shape index (κ2) is 7.25. The molecule has 96 valence electrons. The minimum atomic E-state index is 0.258. The first-order valence-electron chi connectivity index (χ1n) is 6.70. The van der Waals surface area contributed by atoms with Crippen LogP contribution in [0.4, 0.5) is 0 Å². The summed E-state index contributed by atoms with van der Waals surface area (Å²) in [5.41, 5.74) is 0. The van der Waals surface area contributed by atoms with E-state index in [9.17, 15) is 5.11 Å². The average molecular weight is 228 g/mol. The van der Waals surface area contributed by atoms with Crippen LogP contribution in [-0.4, -0.2) is 49.3 Å². The Hall–Kier alpha value is -0.120.